The summed E-state index contributed by atoms with van der Waals surface area (Å²) in [5.74, 6) is -0.245. The van der Waals surface area contributed by atoms with Gasteiger partial charge in [-0.25, -0.2) is 8.78 Å². The maximum atomic E-state index is 13.9. The summed E-state index contributed by atoms with van der Waals surface area (Å²) in [5.41, 5.74) is 2.63. The van der Waals surface area contributed by atoms with Crippen LogP contribution in [-0.2, 0) is 6.42 Å². The number of nitrogens with zero attached hydrogens (tertiary/aromatic N) is 2. The number of carbonyl (C=O) groups is 1. The standard InChI is InChI=1S/C21H25F2N3O/c1-13-19(20(25-24-13)15-8-9-15)21(27)26-11-3-4-14(12-26)7-10-16-17(22)5-2-6-18(16)23/h2,5-6,14-15H,3-4,7-12H2,1H3,(H,24,25). The first-order valence-corrected chi connectivity index (χ1v) is 9.81. The Balaban J connectivity index is 1.42. The topological polar surface area (TPSA) is 49.0 Å². The lowest BCUT2D eigenvalue weighted by Gasteiger charge is -2.33. The molecule has 1 saturated heterocycles. The third-order valence-electron chi connectivity index (χ3n) is 5.82. The molecule has 2 aromatic rings. The molecule has 1 aromatic carbocycles. The van der Waals surface area contributed by atoms with Crippen LogP contribution in [0.2, 0.25) is 0 Å². The van der Waals surface area contributed by atoms with Crippen LogP contribution in [0.1, 0.15) is 65.3 Å². The van der Waals surface area contributed by atoms with Crippen LogP contribution in [0.3, 0.4) is 0 Å². The second-order valence-corrected chi connectivity index (χ2v) is 7.88. The van der Waals surface area contributed by atoms with Gasteiger partial charge in [-0.2, -0.15) is 5.10 Å². The lowest BCUT2D eigenvalue weighted by atomic mass is 9.91. The predicted octanol–water partition coefficient (Wildman–Crippen LogP) is 4.36. The first-order valence-electron chi connectivity index (χ1n) is 9.81. The lowest BCUT2D eigenvalue weighted by molar-refractivity contribution is 0.0666. The highest BCUT2D eigenvalue weighted by atomic mass is 19.1. The molecule has 0 bridgehead atoms. The number of hydrogen-bond acceptors (Lipinski definition) is 2. The molecule has 1 aromatic heterocycles. The van der Waals surface area contributed by atoms with E-state index < -0.39 is 11.6 Å². The number of benzene rings is 1. The molecule has 144 valence electrons. The van der Waals surface area contributed by atoms with Crippen molar-refractivity contribution in [2.75, 3.05) is 13.1 Å². The summed E-state index contributed by atoms with van der Waals surface area (Å²) in [5, 5.41) is 7.32. The Bertz CT molecular complexity index is 824. The van der Waals surface area contributed by atoms with Crippen LogP contribution in [0.25, 0.3) is 0 Å². The van der Waals surface area contributed by atoms with Crippen LogP contribution in [0.15, 0.2) is 18.2 Å². The molecule has 2 heterocycles. The Kier molecular flexibility index (Phi) is 4.98. The number of amides is 1. The van der Waals surface area contributed by atoms with Gasteiger partial charge in [-0.15, -0.1) is 0 Å². The molecule has 6 heteroatoms. The van der Waals surface area contributed by atoms with E-state index in [-0.39, 0.29) is 17.4 Å². The fourth-order valence-corrected chi connectivity index (χ4v) is 4.13. The Morgan fingerprint density at radius 3 is 2.70 bits per heavy atom. The van der Waals surface area contributed by atoms with Crippen molar-refractivity contribution < 1.29 is 13.6 Å². The number of H-pyrrole nitrogens is 1. The zero-order chi connectivity index (χ0) is 19.0. The number of nitrogens with one attached hydrogen (secondary N) is 1. The highest BCUT2D eigenvalue weighted by Crippen LogP contribution is 2.41. The van der Waals surface area contributed by atoms with E-state index in [1.165, 1.54) is 18.2 Å². The van der Waals surface area contributed by atoms with Gasteiger partial charge in [-0.3, -0.25) is 9.89 Å². The fourth-order valence-electron chi connectivity index (χ4n) is 4.13. The molecule has 1 aliphatic heterocycles. The van der Waals surface area contributed by atoms with Crippen LogP contribution in [0, 0.1) is 24.5 Å². The smallest absolute Gasteiger partial charge is 0.257 e. The number of aromatic nitrogens is 2. The van der Waals surface area contributed by atoms with Crippen molar-refractivity contribution >= 4 is 5.91 Å². The van der Waals surface area contributed by atoms with E-state index in [4.69, 9.17) is 0 Å². The molecule has 1 saturated carbocycles. The zero-order valence-electron chi connectivity index (χ0n) is 15.6. The summed E-state index contributed by atoms with van der Waals surface area (Å²) in [7, 11) is 0. The maximum absolute atomic E-state index is 13.9. The van der Waals surface area contributed by atoms with Crippen molar-refractivity contribution in [1.29, 1.82) is 0 Å². The first kappa shape index (κ1) is 18.1. The molecule has 0 spiro atoms. The molecule has 1 unspecified atom stereocenters. The zero-order valence-corrected chi connectivity index (χ0v) is 15.6. The minimum atomic E-state index is -0.484. The molecule has 2 fully saturated rings. The normalized spacial score (nSPS) is 20.1. The summed E-state index contributed by atoms with van der Waals surface area (Å²) in [6, 6.07) is 3.99. The molecule has 1 aliphatic carbocycles. The van der Waals surface area contributed by atoms with E-state index in [0.29, 0.717) is 25.3 Å². The summed E-state index contributed by atoms with van der Waals surface area (Å²) in [6.45, 7) is 3.27. The number of halogens is 2. The van der Waals surface area contributed by atoms with Crippen molar-refractivity contribution in [2.24, 2.45) is 5.92 Å². The fraction of sp³-hybridized carbons (Fsp3) is 0.524. The van der Waals surface area contributed by atoms with E-state index in [0.717, 1.165) is 49.2 Å². The summed E-state index contributed by atoms with van der Waals surface area (Å²) in [4.78, 5) is 15.0. The van der Waals surface area contributed by atoms with Crippen LogP contribution in [0.5, 0.6) is 0 Å². The minimum Gasteiger partial charge on any atom is -0.338 e. The average molecular weight is 373 g/mol. The number of aromatic amines is 1. The second-order valence-electron chi connectivity index (χ2n) is 7.88. The molecule has 1 atom stereocenters. The second kappa shape index (κ2) is 7.41. The quantitative estimate of drug-likeness (QED) is 0.847. The van der Waals surface area contributed by atoms with E-state index in [1.54, 1.807) is 0 Å². The van der Waals surface area contributed by atoms with Gasteiger partial charge in [0.2, 0.25) is 0 Å². The highest BCUT2D eigenvalue weighted by molar-refractivity contribution is 5.96. The Hall–Kier alpha value is -2.24. The van der Waals surface area contributed by atoms with Crippen LogP contribution in [-0.4, -0.2) is 34.1 Å². The Morgan fingerprint density at radius 2 is 2.00 bits per heavy atom. The van der Waals surface area contributed by atoms with Crippen molar-refractivity contribution in [3.8, 4) is 0 Å². The minimum absolute atomic E-state index is 0.0462. The van der Waals surface area contributed by atoms with Gasteiger partial charge in [0.25, 0.3) is 5.91 Å². The molecule has 2 aliphatic rings. The van der Waals surface area contributed by atoms with Crippen molar-refractivity contribution in [1.82, 2.24) is 15.1 Å². The molecule has 0 radical (unpaired) electrons. The van der Waals surface area contributed by atoms with Crippen LogP contribution in [0.4, 0.5) is 8.78 Å². The average Bonchev–Trinajstić information content (AvgIpc) is 3.43. The molecule has 1 amide bonds. The number of carbonyl (C=O) groups excluding carboxylic acids is 1. The number of hydrogen-bond donors (Lipinski definition) is 1. The van der Waals surface area contributed by atoms with Crippen molar-refractivity contribution in [3.63, 3.8) is 0 Å². The van der Waals surface area contributed by atoms with Gasteiger partial charge >= 0.3 is 0 Å². The summed E-state index contributed by atoms with van der Waals surface area (Å²) >= 11 is 0. The van der Waals surface area contributed by atoms with Gasteiger partial charge in [0.05, 0.1) is 11.3 Å². The molecule has 4 nitrogen and oxygen atoms in total. The lowest BCUT2D eigenvalue weighted by Crippen LogP contribution is -2.40. The van der Waals surface area contributed by atoms with E-state index in [2.05, 4.69) is 10.2 Å². The highest BCUT2D eigenvalue weighted by Gasteiger charge is 2.34. The van der Waals surface area contributed by atoms with Gasteiger partial charge in [0.15, 0.2) is 0 Å². The number of likely N-dealkylation sites (tertiary alicyclic amines) is 1. The van der Waals surface area contributed by atoms with E-state index in [1.807, 2.05) is 11.8 Å². The monoisotopic (exact) mass is 373 g/mol. The van der Waals surface area contributed by atoms with Gasteiger partial charge in [-0.05, 0) is 63.5 Å². The molecular formula is C21H25F2N3O. The maximum Gasteiger partial charge on any atom is 0.257 e. The molecule has 27 heavy (non-hydrogen) atoms. The van der Waals surface area contributed by atoms with Gasteiger partial charge in [-0.1, -0.05) is 6.07 Å². The Morgan fingerprint density at radius 1 is 1.26 bits per heavy atom. The molecule has 4 rings (SSSR count). The predicted molar refractivity (Wildman–Crippen MR) is 98.6 cm³/mol. The van der Waals surface area contributed by atoms with E-state index >= 15 is 0 Å². The number of piperidine rings is 1. The number of rotatable bonds is 5. The SMILES string of the molecule is Cc1[nH]nc(C2CC2)c1C(=O)N1CCCC(CCc2c(F)cccc2F)C1. The Labute approximate surface area is 158 Å². The number of aryl methyl sites for hydroxylation is 1. The largest absolute Gasteiger partial charge is 0.338 e. The van der Waals surface area contributed by atoms with Crippen molar-refractivity contribution in [3.05, 3.63) is 52.3 Å². The first-order chi connectivity index (χ1) is 13.0. The van der Waals surface area contributed by atoms with E-state index in [9.17, 15) is 13.6 Å². The van der Waals surface area contributed by atoms with Crippen LogP contribution < -0.4 is 0 Å². The summed E-state index contributed by atoms with van der Waals surface area (Å²) < 4.78 is 27.7. The summed E-state index contributed by atoms with van der Waals surface area (Å²) in [6.07, 6.45) is 5.15. The molecular weight excluding hydrogens is 348 g/mol. The third kappa shape index (κ3) is 3.75. The van der Waals surface area contributed by atoms with Gasteiger partial charge in [0, 0.05) is 30.3 Å². The van der Waals surface area contributed by atoms with Crippen LogP contribution >= 0.6 is 0 Å². The molecule has 1 N–H and O–H groups in total. The van der Waals surface area contributed by atoms with Gasteiger partial charge in [0.1, 0.15) is 11.6 Å². The van der Waals surface area contributed by atoms with Crippen molar-refractivity contribution in [2.45, 2.75) is 51.4 Å². The third-order valence-corrected chi connectivity index (χ3v) is 5.82. The van der Waals surface area contributed by atoms with Gasteiger partial charge < -0.3 is 4.90 Å².